The predicted octanol–water partition coefficient (Wildman–Crippen LogP) is 0.165. The van der Waals surface area contributed by atoms with Crippen LogP contribution < -0.4 is 4.90 Å². The van der Waals surface area contributed by atoms with Crippen molar-refractivity contribution in [2.45, 2.75) is 24.8 Å². The summed E-state index contributed by atoms with van der Waals surface area (Å²) in [5, 5.41) is 0.179. The van der Waals surface area contributed by atoms with Crippen LogP contribution in [0.3, 0.4) is 0 Å². The molecule has 1 N–H and O–H groups in total. The maximum Gasteiger partial charge on any atom is 0.306 e. The van der Waals surface area contributed by atoms with E-state index in [-0.39, 0.29) is 13.0 Å². The van der Waals surface area contributed by atoms with Crippen molar-refractivity contribution in [3.05, 3.63) is 18.6 Å². The maximum atomic E-state index is 13.4. The molecule has 32 heavy (non-hydrogen) atoms. The van der Waals surface area contributed by atoms with Crippen LogP contribution in [0.2, 0.25) is 0 Å². The average Bonchev–Trinajstić information content (AvgIpc) is 3.35. The summed E-state index contributed by atoms with van der Waals surface area (Å²) in [7, 11) is -2.98. The topological polar surface area (TPSA) is 137 Å². The van der Waals surface area contributed by atoms with Crippen molar-refractivity contribution in [3.63, 3.8) is 0 Å². The predicted molar refractivity (Wildman–Crippen MR) is 117 cm³/mol. The number of piperazine rings is 1. The Labute approximate surface area is 188 Å². The molecular formula is C19H22N6O5S2. The number of fused-ring (bicyclic) bond motifs is 1. The van der Waals surface area contributed by atoms with Crippen LogP contribution in [-0.4, -0.2) is 86.8 Å². The molecule has 11 nitrogen and oxygen atoms in total. The normalized spacial score (nSPS) is 23.7. The summed E-state index contributed by atoms with van der Waals surface area (Å²) in [5.41, 5.74) is 0.0895. The quantitative estimate of drug-likeness (QED) is 0.481. The Morgan fingerprint density at radius 2 is 2.06 bits per heavy atom. The highest BCUT2D eigenvalue weighted by Crippen LogP contribution is 2.47. The van der Waals surface area contributed by atoms with Crippen molar-refractivity contribution in [2.75, 3.05) is 37.3 Å². The second-order valence-electron chi connectivity index (χ2n) is 8.31. The largest absolute Gasteiger partial charge is 0.353 e. The molecule has 1 unspecified atom stereocenters. The van der Waals surface area contributed by atoms with Crippen LogP contribution in [0.1, 0.15) is 19.3 Å². The molecular weight excluding hydrogens is 456 g/mol. The van der Waals surface area contributed by atoms with Crippen LogP contribution in [0, 0.1) is 5.92 Å². The molecule has 170 valence electrons. The van der Waals surface area contributed by atoms with Crippen molar-refractivity contribution in [1.82, 2.24) is 23.6 Å². The first-order valence-electron chi connectivity index (χ1n) is 10.3. The number of carbonyl (C=O) groups is 3. The summed E-state index contributed by atoms with van der Waals surface area (Å²) in [6.07, 6.45) is 4.76. The van der Waals surface area contributed by atoms with Crippen LogP contribution in [0.5, 0.6) is 0 Å². The lowest BCUT2D eigenvalue weighted by Crippen LogP contribution is -2.61. The number of nitrogens with zero attached hydrogens (tertiary/aromatic N) is 5. The molecule has 1 atom stereocenters. The van der Waals surface area contributed by atoms with E-state index in [0.29, 0.717) is 41.6 Å². The lowest BCUT2D eigenvalue weighted by molar-refractivity contribution is -0.142. The molecule has 4 heterocycles. The van der Waals surface area contributed by atoms with E-state index in [4.69, 9.17) is 0 Å². The van der Waals surface area contributed by atoms with Gasteiger partial charge < -0.3 is 9.88 Å². The van der Waals surface area contributed by atoms with Crippen LogP contribution in [0.15, 0.2) is 18.6 Å². The van der Waals surface area contributed by atoms with Gasteiger partial charge in [-0.2, -0.15) is 12.7 Å². The fourth-order valence-corrected chi connectivity index (χ4v) is 7.01. The minimum absolute atomic E-state index is 0.160. The molecule has 2 saturated heterocycles. The second kappa shape index (κ2) is 7.52. The number of ketones is 1. The van der Waals surface area contributed by atoms with Gasteiger partial charge in [0.1, 0.15) is 23.7 Å². The zero-order valence-electron chi connectivity index (χ0n) is 17.4. The molecule has 5 rings (SSSR count). The molecule has 13 heteroatoms. The van der Waals surface area contributed by atoms with Gasteiger partial charge in [0.25, 0.3) is 5.12 Å². The van der Waals surface area contributed by atoms with Gasteiger partial charge in [-0.25, -0.2) is 14.3 Å². The van der Waals surface area contributed by atoms with Gasteiger partial charge in [-0.1, -0.05) is 11.8 Å². The Morgan fingerprint density at radius 1 is 1.28 bits per heavy atom. The Bertz CT molecular complexity index is 1220. The van der Waals surface area contributed by atoms with E-state index in [1.54, 1.807) is 6.20 Å². The minimum Gasteiger partial charge on any atom is -0.353 e. The number of aromatic nitrogens is 3. The van der Waals surface area contributed by atoms with Crippen LogP contribution in [0.4, 0.5) is 5.82 Å². The lowest BCUT2D eigenvalue weighted by atomic mass is 10.0. The number of amides is 1. The third-order valence-electron chi connectivity index (χ3n) is 6.44. The first-order chi connectivity index (χ1) is 15.2. The van der Waals surface area contributed by atoms with Crippen molar-refractivity contribution >= 4 is 55.6 Å². The first-order valence-corrected chi connectivity index (χ1v) is 12.7. The Kier molecular flexibility index (Phi) is 5.02. The summed E-state index contributed by atoms with van der Waals surface area (Å²) in [5.74, 6) is -1.83. The van der Waals surface area contributed by atoms with Gasteiger partial charge in [0, 0.05) is 38.6 Å². The van der Waals surface area contributed by atoms with Gasteiger partial charge in [-0.15, -0.1) is 0 Å². The summed E-state index contributed by atoms with van der Waals surface area (Å²) in [4.78, 5) is 50.5. The van der Waals surface area contributed by atoms with Gasteiger partial charge >= 0.3 is 10.2 Å². The van der Waals surface area contributed by atoms with Crippen molar-refractivity contribution in [1.29, 1.82) is 0 Å². The number of nitrogens with one attached hydrogen (secondary N) is 1. The van der Waals surface area contributed by atoms with Crippen LogP contribution in [0.25, 0.3) is 11.0 Å². The van der Waals surface area contributed by atoms with Crippen LogP contribution >= 0.6 is 11.8 Å². The van der Waals surface area contributed by atoms with Gasteiger partial charge in [0.15, 0.2) is 0 Å². The SMILES string of the molecule is CN(C(=O)C1CCSC(=O)C1=O)S(=O)(=O)N1CCN(c2ncnc3[nH]ccc23)CC12CC2. The molecule has 0 bridgehead atoms. The van der Waals surface area contributed by atoms with E-state index >= 15 is 0 Å². The summed E-state index contributed by atoms with van der Waals surface area (Å²) in [6.45, 7) is 1.03. The van der Waals surface area contributed by atoms with Crippen molar-refractivity contribution in [2.24, 2.45) is 5.92 Å². The molecule has 1 saturated carbocycles. The number of aromatic amines is 1. The Balaban J connectivity index is 1.37. The summed E-state index contributed by atoms with van der Waals surface area (Å²) >= 11 is 0.867. The molecule has 0 radical (unpaired) electrons. The fraction of sp³-hybridized carbons (Fsp3) is 0.526. The highest BCUT2D eigenvalue weighted by molar-refractivity contribution is 8.15. The third kappa shape index (κ3) is 3.30. The summed E-state index contributed by atoms with van der Waals surface area (Å²) < 4.78 is 28.9. The number of carbonyl (C=O) groups excluding carboxylic acids is 3. The standard InChI is InChI=1S/C19H22N6O5S2/c1-23(17(27)12-3-9-31-18(28)14(12)26)32(29,30)25-8-7-24(10-19(25)4-5-19)16-13-2-6-20-15(13)21-11-22-16/h2,6,11-12H,3-5,7-10H2,1H3,(H,20,21,22). The Morgan fingerprint density at radius 3 is 2.81 bits per heavy atom. The Hall–Kier alpha value is -2.51. The maximum absolute atomic E-state index is 13.4. The zero-order chi connectivity index (χ0) is 22.7. The van der Waals surface area contributed by atoms with Gasteiger partial charge in [0.2, 0.25) is 11.7 Å². The third-order valence-corrected chi connectivity index (χ3v) is 9.34. The second-order valence-corrected chi connectivity index (χ2v) is 11.3. The number of hydrogen-bond donors (Lipinski definition) is 1. The number of H-pyrrole nitrogens is 1. The minimum atomic E-state index is -4.15. The molecule has 2 aromatic rings. The van der Waals surface area contributed by atoms with E-state index in [1.807, 2.05) is 6.07 Å². The highest BCUT2D eigenvalue weighted by Gasteiger charge is 2.57. The molecule has 3 fully saturated rings. The molecule has 2 aliphatic heterocycles. The van der Waals surface area contributed by atoms with E-state index in [9.17, 15) is 22.8 Å². The lowest BCUT2D eigenvalue weighted by Gasteiger charge is -2.43. The smallest absolute Gasteiger partial charge is 0.306 e. The molecule has 3 aliphatic rings. The number of Topliss-reactive ketones (excluding diaryl/α,β-unsaturated/α-hetero) is 1. The molecule has 1 aliphatic carbocycles. The molecule has 1 spiro atoms. The van der Waals surface area contributed by atoms with Gasteiger partial charge in [-0.3, -0.25) is 14.4 Å². The van der Waals surface area contributed by atoms with Gasteiger partial charge in [0.05, 0.1) is 10.9 Å². The number of hydrogen-bond acceptors (Lipinski definition) is 9. The van der Waals surface area contributed by atoms with Crippen molar-refractivity contribution in [3.8, 4) is 0 Å². The van der Waals surface area contributed by atoms with E-state index < -0.39 is 38.5 Å². The summed E-state index contributed by atoms with van der Waals surface area (Å²) in [6, 6.07) is 1.89. The average molecular weight is 479 g/mol. The van der Waals surface area contributed by atoms with Crippen LogP contribution in [-0.2, 0) is 24.6 Å². The monoisotopic (exact) mass is 478 g/mol. The fourth-order valence-electron chi connectivity index (χ4n) is 4.50. The number of thioether (sulfide) groups is 1. The first kappa shape index (κ1) is 21.3. The van der Waals surface area contributed by atoms with Crippen molar-refractivity contribution < 1.29 is 22.8 Å². The molecule has 2 aromatic heterocycles. The highest BCUT2D eigenvalue weighted by atomic mass is 32.2. The number of anilines is 1. The molecule has 0 aromatic carbocycles. The van der Waals surface area contributed by atoms with E-state index in [1.165, 1.54) is 17.7 Å². The van der Waals surface area contributed by atoms with E-state index in [0.717, 1.165) is 23.0 Å². The zero-order valence-corrected chi connectivity index (χ0v) is 19.0. The number of rotatable bonds is 4. The van der Waals surface area contributed by atoms with Gasteiger partial charge in [-0.05, 0) is 25.3 Å². The molecule has 1 amide bonds. The van der Waals surface area contributed by atoms with E-state index in [2.05, 4.69) is 19.9 Å².